The van der Waals surface area contributed by atoms with Crippen molar-refractivity contribution >= 4 is 40.7 Å². The molecule has 0 saturated carbocycles. The Morgan fingerprint density at radius 2 is 1.52 bits per heavy atom. The zero-order valence-corrected chi connectivity index (χ0v) is 12.9. The molecular weight excluding hydrogens is 342 g/mol. The van der Waals surface area contributed by atoms with Gasteiger partial charge in [0.25, 0.3) is 0 Å². The molecule has 0 bridgehead atoms. The molecular formula is C14H10Cl2F3NS. The van der Waals surface area contributed by atoms with Gasteiger partial charge in [-0.25, -0.2) is 0 Å². The van der Waals surface area contributed by atoms with Crippen molar-refractivity contribution in [2.24, 2.45) is 0 Å². The highest BCUT2D eigenvalue weighted by Crippen LogP contribution is 2.37. The van der Waals surface area contributed by atoms with Gasteiger partial charge in [-0.3, -0.25) is 0 Å². The van der Waals surface area contributed by atoms with E-state index in [1.54, 1.807) is 30.3 Å². The quantitative estimate of drug-likeness (QED) is 0.656. The van der Waals surface area contributed by atoms with Crippen LogP contribution in [0.3, 0.4) is 0 Å². The first-order valence-electron chi connectivity index (χ1n) is 5.88. The summed E-state index contributed by atoms with van der Waals surface area (Å²) in [5.74, 6) is 0. The number of nitrogens with one attached hydrogen (secondary N) is 1. The van der Waals surface area contributed by atoms with Gasteiger partial charge < -0.3 is 5.32 Å². The second kappa shape index (κ2) is 6.81. The maximum atomic E-state index is 12.2. The van der Waals surface area contributed by atoms with Crippen LogP contribution < -0.4 is 5.32 Å². The molecule has 0 amide bonds. The van der Waals surface area contributed by atoms with Crippen LogP contribution in [0.25, 0.3) is 0 Å². The first-order valence-corrected chi connectivity index (χ1v) is 7.45. The maximum Gasteiger partial charge on any atom is 0.446 e. The molecule has 0 unspecified atom stereocenters. The zero-order valence-electron chi connectivity index (χ0n) is 10.5. The van der Waals surface area contributed by atoms with Crippen molar-refractivity contribution < 1.29 is 13.2 Å². The van der Waals surface area contributed by atoms with Gasteiger partial charge in [0.1, 0.15) is 0 Å². The van der Waals surface area contributed by atoms with Crippen LogP contribution in [-0.4, -0.2) is 5.51 Å². The van der Waals surface area contributed by atoms with Gasteiger partial charge in [0.05, 0.1) is 0 Å². The predicted molar refractivity (Wildman–Crippen MR) is 82.1 cm³/mol. The third kappa shape index (κ3) is 5.02. The summed E-state index contributed by atoms with van der Waals surface area (Å²) in [5, 5.41) is 4.16. The Hall–Kier alpha value is -1.04. The number of benzene rings is 2. The van der Waals surface area contributed by atoms with Gasteiger partial charge in [-0.1, -0.05) is 29.3 Å². The van der Waals surface area contributed by atoms with Crippen LogP contribution in [-0.2, 0) is 6.54 Å². The highest BCUT2D eigenvalue weighted by Gasteiger charge is 2.28. The van der Waals surface area contributed by atoms with Crippen LogP contribution in [0.15, 0.2) is 47.4 Å². The maximum absolute atomic E-state index is 12.2. The normalized spacial score (nSPS) is 11.5. The molecule has 0 aromatic heterocycles. The van der Waals surface area contributed by atoms with Gasteiger partial charge in [0, 0.05) is 32.7 Å². The fourth-order valence-corrected chi connectivity index (χ4v) is 2.74. The van der Waals surface area contributed by atoms with E-state index in [2.05, 4.69) is 5.32 Å². The fraction of sp³-hybridized carbons (Fsp3) is 0.143. The minimum Gasteiger partial charge on any atom is -0.381 e. The van der Waals surface area contributed by atoms with E-state index >= 15 is 0 Å². The molecule has 0 radical (unpaired) electrons. The zero-order chi connectivity index (χ0) is 15.5. The van der Waals surface area contributed by atoms with E-state index in [-0.39, 0.29) is 16.7 Å². The summed E-state index contributed by atoms with van der Waals surface area (Å²) in [6.07, 6.45) is 0. The monoisotopic (exact) mass is 351 g/mol. The lowest BCUT2D eigenvalue weighted by molar-refractivity contribution is -0.0328. The van der Waals surface area contributed by atoms with Gasteiger partial charge in [0.15, 0.2) is 0 Å². The molecule has 0 atom stereocenters. The molecule has 21 heavy (non-hydrogen) atoms. The van der Waals surface area contributed by atoms with Crippen molar-refractivity contribution in [2.75, 3.05) is 5.32 Å². The van der Waals surface area contributed by atoms with E-state index in [0.29, 0.717) is 22.3 Å². The van der Waals surface area contributed by atoms with Crippen molar-refractivity contribution in [3.63, 3.8) is 0 Å². The second-order valence-electron chi connectivity index (χ2n) is 4.13. The Bertz CT molecular complexity index is 594. The number of hydrogen-bond donors (Lipinski definition) is 1. The highest BCUT2D eigenvalue weighted by atomic mass is 35.5. The second-order valence-corrected chi connectivity index (χ2v) is 6.08. The minimum atomic E-state index is -4.28. The first-order chi connectivity index (χ1) is 9.85. The molecule has 7 heteroatoms. The van der Waals surface area contributed by atoms with E-state index in [9.17, 15) is 13.2 Å². The predicted octanol–water partition coefficient (Wildman–Crippen LogP) is 6.22. The molecule has 0 aliphatic carbocycles. The Kier molecular flexibility index (Phi) is 5.30. The molecule has 0 aliphatic heterocycles. The van der Waals surface area contributed by atoms with Crippen LogP contribution in [0.4, 0.5) is 18.9 Å². The van der Waals surface area contributed by atoms with Gasteiger partial charge in [0.2, 0.25) is 0 Å². The standard InChI is InChI=1S/C14H10Cl2F3NS/c15-12-2-1-3-13(16)11(12)8-20-9-4-6-10(7-5-9)21-14(17,18)19/h1-7,20H,8H2. The summed E-state index contributed by atoms with van der Waals surface area (Å²) in [6.45, 7) is 0.393. The third-order valence-electron chi connectivity index (χ3n) is 2.62. The van der Waals surface area contributed by atoms with Crippen molar-refractivity contribution in [1.29, 1.82) is 0 Å². The number of rotatable bonds is 4. The molecule has 1 nitrogen and oxygen atoms in total. The van der Waals surface area contributed by atoms with E-state index in [4.69, 9.17) is 23.2 Å². The van der Waals surface area contributed by atoms with E-state index < -0.39 is 5.51 Å². The molecule has 0 fully saturated rings. The summed E-state index contributed by atoms with van der Waals surface area (Å²) >= 11 is 11.9. The van der Waals surface area contributed by atoms with E-state index in [0.717, 1.165) is 5.56 Å². The van der Waals surface area contributed by atoms with Gasteiger partial charge >= 0.3 is 5.51 Å². The molecule has 2 aromatic carbocycles. The topological polar surface area (TPSA) is 12.0 Å². The van der Waals surface area contributed by atoms with Gasteiger partial charge in [-0.2, -0.15) is 13.2 Å². The smallest absolute Gasteiger partial charge is 0.381 e. The molecule has 112 valence electrons. The van der Waals surface area contributed by atoms with Crippen molar-refractivity contribution in [3.05, 3.63) is 58.1 Å². The average molecular weight is 352 g/mol. The summed E-state index contributed by atoms with van der Waals surface area (Å²) in [7, 11) is 0. The number of halogens is 5. The molecule has 0 spiro atoms. The highest BCUT2D eigenvalue weighted by molar-refractivity contribution is 8.00. The van der Waals surface area contributed by atoms with Gasteiger partial charge in [-0.05, 0) is 48.2 Å². The molecule has 0 saturated heterocycles. The fourth-order valence-electron chi connectivity index (χ4n) is 1.67. The Balaban J connectivity index is 2.01. The molecule has 0 aliphatic rings. The van der Waals surface area contributed by atoms with Crippen molar-refractivity contribution in [1.82, 2.24) is 0 Å². The molecule has 2 rings (SSSR count). The molecule has 0 heterocycles. The first kappa shape index (κ1) is 16.3. The average Bonchev–Trinajstić information content (AvgIpc) is 2.38. The lowest BCUT2D eigenvalue weighted by Gasteiger charge is -2.11. The van der Waals surface area contributed by atoms with Crippen LogP contribution >= 0.6 is 35.0 Å². The largest absolute Gasteiger partial charge is 0.446 e. The van der Waals surface area contributed by atoms with Crippen molar-refractivity contribution in [3.8, 4) is 0 Å². The van der Waals surface area contributed by atoms with Crippen LogP contribution in [0.2, 0.25) is 10.0 Å². The third-order valence-corrected chi connectivity index (χ3v) is 4.07. The lowest BCUT2D eigenvalue weighted by atomic mass is 10.2. The van der Waals surface area contributed by atoms with E-state index in [1.165, 1.54) is 12.1 Å². The number of thioether (sulfide) groups is 1. The Morgan fingerprint density at radius 1 is 0.952 bits per heavy atom. The summed E-state index contributed by atoms with van der Waals surface area (Å²) < 4.78 is 36.7. The number of anilines is 1. The summed E-state index contributed by atoms with van der Waals surface area (Å²) in [5.41, 5.74) is -2.84. The Labute approximate surface area is 134 Å². The molecule has 1 N–H and O–H groups in total. The lowest BCUT2D eigenvalue weighted by Crippen LogP contribution is -2.01. The van der Waals surface area contributed by atoms with E-state index in [1.807, 2.05) is 0 Å². The summed E-state index contributed by atoms with van der Waals surface area (Å²) in [6, 6.07) is 11.2. The Morgan fingerprint density at radius 3 is 2.05 bits per heavy atom. The number of hydrogen-bond acceptors (Lipinski definition) is 2. The van der Waals surface area contributed by atoms with Crippen LogP contribution in [0, 0.1) is 0 Å². The molecule has 2 aromatic rings. The van der Waals surface area contributed by atoms with Crippen LogP contribution in [0.5, 0.6) is 0 Å². The van der Waals surface area contributed by atoms with Crippen molar-refractivity contribution in [2.45, 2.75) is 16.9 Å². The SMILES string of the molecule is FC(F)(F)Sc1ccc(NCc2c(Cl)cccc2Cl)cc1. The minimum absolute atomic E-state index is 0.141. The number of alkyl halides is 3. The van der Waals surface area contributed by atoms with Gasteiger partial charge in [-0.15, -0.1) is 0 Å². The summed E-state index contributed by atoms with van der Waals surface area (Å²) in [4.78, 5) is 0.142. The van der Waals surface area contributed by atoms with Crippen LogP contribution in [0.1, 0.15) is 5.56 Å².